The third kappa shape index (κ3) is 1.24. The summed E-state index contributed by atoms with van der Waals surface area (Å²) < 4.78 is 4.73. The fourth-order valence-electron chi connectivity index (χ4n) is 4.05. The van der Waals surface area contributed by atoms with Crippen LogP contribution in [0, 0.1) is 0 Å². The summed E-state index contributed by atoms with van der Waals surface area (Å²) in [6, 6.07) is 23.4. The number of rotatable bonds is 0. The van der Waals surface area contributed by atoms with Crippen LogP contribution in [0.5, 0.6) is 0 Å². The molecule has 6 rings (SSSR count). The number of hydrogen-bond donors (Lipinski definition) is 0. The quantitative estimate of drug-likeness (QED) is 0.338. The Morgan fingerprint density at radius 3 is 1.96 bits per heavy atom. The summed E-state index contributed by atoms with van der Waals surface area (Å²) in [6.45, 7) is 0. The van der Waals surface area contributed by atoms with E-state index in [9.17, 15) is 0 Å². The lowest BCUT2D eigenvalue weighted by molar-refractivity contribution is 1.28. The Labute approximate surface area is 136 Å². The van der Waals surface area contributed by atoms with Gasteiger partial charge in [0.15, 0.2) is 0 Å². The van der Waals surface area contributed by atoms with E-state index in [-0.39, 0.29) is 0 Å². The van der Waals surface area contributed by atoms with E-state index in [1.807, 2.05) is 6.07 Å². The molecule has 0 saturated carbocycles. The van der Waals surface area contributed by atoms with E-state index in [0.29, 0.717) is 0 Å². The van der Waals surface area contributed by atoms with E-state index < -0.39 is 0 Å². The second-order valence-electron chi connectivity index (χ2n) is 6.04. The van der Waals surface area contributed by atoms with Gasteiger partial charge in [-0.05, 0) is 36.4 Å². The average Bonchev–Trinajstić information content (AvgIpc) is 3.18. The molecule has 0 fully saturated rings. The Bertz CT molecular complexity index is 1360. The molecule has 0 radical (unpaired) electrons. The summed E-state index contributed by atoms with van der Waals surface area (Å²) in [4.78, 5) is 0. The normalized spacial score (nSPS) is 12.6. The molecule has 0 N–H and O–H groups in total. The molecule has 3 heteroatoms. The molecule has 0 spiro atoms. The van der Waals surface area contributed by atoms with Crippen molar-refractivity contribution in [2.24, 2.45) is 0 Å². The predicted molar refractivity (Wildman–Crippen MR) is 97.1 cm³/mol. The third-order valence-corrected chi connectivity index (χ3v) is 5.13. The topological polar surface area (TPSA) is 8.82 Å². The van der Waals surface area contributed by atoms with Gasteiger partial charge in [-0.1, -0.05) is 41.9 Å². The average molecular weight is 315 g/mol. The number of fused-ring (bicyclic) bond motifs is 9. The number of nitrogens with zero attached hydrogens (tertiary/aromatic N) is 2. The standard InChI is InChI=1S/C20H11ClN2/c21-12-9-10-16-14(11-12)19-13-5-1-2-6-15(13)22-17-7-3-4-8-18(17)23(16)20(19)22/h1-11H. The molecule has 0 bridgehead atoms. The first-order valence-corrected chi connectivity index (χ1v) is 8.05. The molecule has 0 atom stereocenters. The van der Waals surface area contributed by atoms with E-state index in [0.717, 1.165) is 5.02 Å². The highest BCUT2D eigenvalue weighted by molar-refractivity contribution is 6.33. The Hall–Kier alpha value is -2.71. The number of benzene rings is 3. The molecule has 0 saturated heterocycles. The van der Waals surface area contributed by atoms with Crippen molar-refractivity contribution < 1.29 is 0 Å². The van der Waals surface area contributed by atoms with Crippen LogP contribution in [0.15, 0.2) is 66.7 Å². The Kier molecular flexibility index (Phi) is 1.94. The highest BCUT2D eigenvalue weighted by Crippen LogP contribution is 2.41. The predicted octanol–water partition coefficient (Wildman–Crippen LogP) is 5.74. The van der Waals surface area contributed by atoms with Crippen LogP contribution in [0.3, 0.4) is 0 Å². The smallest absolute Gasteiger partial charge is 0.131 e. The lowest BCUT2D eigenvalue weighted by Crippen LogP contribution is -1.79. The largest absolute Gasteiger partial charge is 0.293 e. The number of aromatic nitrogens is 2. The van der Waals surface area contributed by atoms with Gasteiger partial charge < -0.3 is 0 Å². The first-order chi connectivity index (χ1) is 11.3. The molecule has 3 heterocycles. The summed E-state index contributed by atoms with van der Waals surface area (Å²) in [6.07, 6.45) is 0. The minimum atomic E-state index is 0.780. The highest BCUT2D eigenvalue weighted by Gasteiger charge is 2.21. The first-order valence-electron chi connectivity index (χ1n) is 7.67. The minimum absolute atomic E-state index is 0.780. The number of para-hydroxylation sites is 3. The molecular weight excluding hydrogens is 304 g/mol. The number of halogens is 1. The van der Waals surface area contributed by atoms with E-state index >= 15 is 0 Å². The first kappa shape index (κ1) is 11.8. The van der Waals surface area contributed by atoms with Crippen molar-refractivity contribution >= 4 is 55.5 Å². The summed E-state index contributed by atoms with van der Waals surface area (Å²) in [7, 11) is 0. The van der Waals surface area contributed by atoms with Gasteiger partial charge in [-0.2, -0.15) is 0 Å². The monoisotopic (exact) mass is 314 g/mol. The van der Waals surface area contributed by atoms with Crippen LogP contribution < -0.4 is 0 Å². The molecule has 108 valence electrons. The second-order valence-corrected chi connectivity index (χ2v) is 6.47. The van der Waals surface area contributed by atoms with E-state index in [2.05, 4.69) is 69.5 Å². The van der Waals surface area contributed by atoms with Crippen molar-refractivity contribution in [1.82, 2.24) is 8.80 Å². The van der Waals surface area contributed by atoms with Crippen molar-refractivity contribution in [1.29, 1.82) is 0 Å². The second kappa shape index (κ2) is 3.79. The maximum atomic E-state index is 6.29. The number of imidazole rings is 1. The van der Waals surface area contributed by atoms with Crippen molar-refractivity contribution in [2.75, 3.05) is 0 Å². The Balaban J connectivity index is 2.14. The maximum absolute atomic E-state index is 6.29. The van der Waals surface area contributed by atoms with Gasteiger partial charge >= 0.3 is 0 Å². The molecule has 0 aliphatic heterocycles. The van der Waals surface area contributed by atoms with Gasteiger partial charge in [0.05, 0.1) is 22.1 Å². The van der Waals surface area contributed by atoms with Gasteiger partial charge in [0.25, 0.3) is 0 Å². The SMILES string of the molecule is Clc1ccc2c(c1)c1c3ccccc3n3c4ccccc4n2c13. The molecule has 2 nitrogen and oxygen atoms in total. The highest BCUT2D eigenvalue weighted by atomic mass is 35.5. The fourth-order valence-corrected chi connectivity index (χ4v) is 4.22. The molecule has 0 unspecified atom stereocenters. The van der Waals surface area contributed by atoms with Crippen LogP contribution in [0.4, 0.5) is 0 Å². The lowest BCUT2D eigenvalue weighted by Gasteiger charge is -1.95. The van der Waals surface area contributed by atoms with Crippen molar-refractivity contribution in [3.63, 3.8) is 0 Å². The number of hydrogen-bond acceptors (Lipinski definition) is 0. The zero-order chi connectivity index (χ0) is 15.1. The summed E-state index contributed by atoms with van der Waals surface area (Å²) in [5.74, 6) is 0. The van der Waals surface area contributed by atoms with E-state index in [1.165, 1.54) is 43.9 Å². The van der Waals surface area contributed by atoms with Gasteiger partial charge in [0.1, 0.15) is 5.65 Å². The molecule has 6 aromatic rings. The Morgan fingerprint density at radius 1 is 0.609 bits per heavy atom. The minimum Gasteiger partial charge on any atom is -0.293 e. The Morgan fingerprint density at radius 2 is 1.22 bits per heavy atom. The molecular formula is C20H11ClN2. The van der Waals surface area contributed by atoms with Crippen LogP contribution >= 0.6 is 11.6 Å². The van der Waals surface area contributed by atoms with Gasteiger partial charge in [-0.25, -0.2) is 0 Å². The molecule has 23 heavy (non-hydrogen) atoms. The maximum Gasteiger partial charge on any atom is 0.131 e. The summed E-state index contributed by atoms with van der Waals surface area (Å²) in [5.41, 5.74) is 6.17. The molecule has 3 aromatic carbocycles. The van der Waals surface area contributed by atoms with Crippen LogP contribution in [-0.4, -0.2) is 8.80 Å². The van der Waals surface area contributed by atoms with Gasteiger partial charge in [-0.3, -0.25) is 8.80 Å². The van der Waals surface area contributed by atoms with E-state index in [1.54, 1.807) is 0 Å². The summed E-state index contributed by atoms with van der Waals surface area (Å²) in [5, 5.41) is 4.57. The van der Waals surface area contributed by atoms with Crippen molar-refractivity contribution in [3.05, 3.63) is 71.8 Å². The van der Waals surface area contributed by atoms with Gasteiger partial charge in [-0.15, -0.1) is 0 Å². The zero-order valence-corrected chi connectivity index (χ0v) is 12.9. The zero-order valence-electron chi connectivity index (χ0n) is 12.1. The van der Waals surface area contributed by atoms with Gasteiger partial charge in [0, 0.05) is 21.2 Å². The third-order valence-electron chi connectivity index (χ3n) is 4.89. The molecule has 0 aliphatic rings. The van der Waals surface area contributed by atoms with Crippen molar-refractivity contribution in [3.8, 4) is 0 Å². The molecule has 0 aliphatic carbocycles. The molecule has 0 amide bonds. The van der Waals surface area contributed by atoms with E-state index in [4.69, 9.17) is 11.6 Å². The van der Waals surface area contributed by atoms with Crippen LogP contribution in [0.1, 0.15) is 0 Å². The van der Waals surface area contributed by atoms with Crippen LogP contribution in [0.2, 0.25) is 5.02 Å². The van der Waals surface area contributed by atoms with Crippen molar-refractivity contribution in [2.45, 2.75) is 0 Å². The van der Waals surface area contributed by atoms with Gasteiger partial charge in [0.2, 0.25) is 0 Å². The summed E-state index contributed by atoms with van der Waals surface area (Å²) >= 11 is 6.29. The molecule has 3 aromatic heterocycles. The van der Waals surface area contributed by atoms with Crippen LogP contribution in [0.25, 0.3) is 43.9 Å². The lowest BCUT2D eigenvalue weighted by atomic mass is 10.1. The van der Waals surface area contributed by atoms with Crippen LogP contribution in [-0.2, 0) is 0 Å². The fraction of sp³-hybridized carbons (Fsp3) is 0.